The maximum Gasteiger partial charge on any atom is 0.103 e. The van der Waals surface area contributed by atoms with E-state index in [1.54, 1.807) is 6.08 Å². The Hall–Kier alpha value is -1.63. The van der Waals surface area contributed by atoms with E-state index in [-0.39, 0.29) is 11.7 Å². The summed E-state index contributed by atoms with van der Waals surface area (Å²) in [6.45, 7) is 3.71. The van der Waals surface area contributed by atoms with E-state index in [1.807, 2.05) is 50.2 Å². The third-order valence-electron chi connectivity index (χ3n) is 2.63. The second-order valence-corrected chi connectivity index (χ2v) is 4.29. The summed E-state index contributed by atoms with van der Waals surface area (Å²) >= 11 is 0. The highest BCUT2D eigenvalue weighted by Crippen LogP contribution is 2.20. The van der Waals surface area contributed by atoms with Gasteiger partial charge in [-0.15, -0.1) is 0 Å². The SMILES string of the molecule is CC(C)/C(F)=C/c1ccc2ccccc2c1. The normalized spacial score (nSPS) is 12.4. The number of hydrogen-bond donors (Lipinski definition) is 0. The second kappa shape index (κ2) is 4.48. The topological polar surface area (TPSA) is 0 Å². The molecule has 0 amide bonds. The fraction of sp³-hybridized carbons (Fsp3) is 0.200. The Labute approximate surface area is 95.4 Å². The van der Waals surface area contributed by atoms with E-state index in [9.17, 15) is 4.39 Å². The second-order valence-electron chi connectivity index (χ2n) is 4.29. The van der Waals surface area contributed by atoms with Gasteiger partial charge >= 0.3 is 0 Å². The molecule has 0 aliphatic heterocycles. The summed E-state index contributed by atoms with van der Waals surface area (Å²) in [6.07, 6.45) is 1.61. The Morgan fingerprint density at radius 2 is 1.75 bits per heavy atom. The third kappa shape index (κ3) is 2.30. The van der Waals surface area contributed by atoms with Crippen LogP contribution in [0.5, 0.6) is 0 Å². The van der Waals surface area contributed by atoms with Crippen molar-refractivity contribution in [2.24, 2.45) is 5.92 Å². The van der Waals surface area contributed by atoms with Crippen molar-refractivity contribution in [1.29, 1.82) is 0 Å². The third-order valence-corrected chi connectivity index (χ3v) is 2.63. The molecule has 0 spiro atoms. The molecular weight excluding hydrogens is 199 g/mol. The molecule has 16 heavy (non-hydrogen) atoms. The molecule has 0 unspecified atom stereocenters. The average Bonchev–Trinajstić information content (AvgIpc) is 2.28. The first-order valence-corrected chi connectivity index (χ1v) is 5.53. The van der Waals surface area contributed by atoms with Crippen LogP contribution in [0, 0.1) is 5.92 Å². The summed E-state index contributed by atoms with van der Waals surface area (Å²) in [6, 6.07) is 14.1. The number of fused-ring (bicyclic) bond motifs is 1. The minimum Gasteiger partial charge on any atom is -0.212 e. The first-order chi connectivity index (χ1) is 7.66. The number of rotatable bonds is 2. The van der Waals surface area contributed by atoms with Gasteiger partial charge in [0.2, 0.25) is 0 Å². The van der Waals surface area contributed by atoms with E-state index in [0.717, 1.165) is 10.9 Å². The van der Waals surface area contributed by atoms with Gasteiger partial charge in [0.05, 0.1) is 0 Å². The van der Waals surface area contributed by atoms with Crippen molar-refractivity contribution in [2.75, 3.05) is 0 Å². The first-order valence-electron chi connectivity index (χ1n) is 5.53. The van der Waals surface area contributed by atoms with E-state index in [4.69, 9.17) is 0 Å². The molecule has 0 heterocycles. The van der Waals surface area contributed by atoms with Crippen molar-refractivity contribution < 1.29 is 4.39 Å². The fourth-order valence-corrected chi connectivity index (χ4v) is 1.62. The lowest BCUT2D eigenvalue weighted by atomic mass is 10.1. The summed E-state index contributed by atoms with van der Waals surface area (Å²) < 4.78 is 13.5. The van der Waals surface area contributed by atoms with Crippen LogP contribution in [-0.2, 0) is 0 Å². The fourth-order valence-electron chi connectivity index (χ4n) is 1.62. The Bertz CT molecular complexity index is 524. The van der Waals surface area contributed by atoms with Crippen LogP contribution in [-0.4, -0.2) is 0 Å². The lowest BCUT2D eigenvalue weighted by Gasteiger charge is -2.02. The van der Waals surface area contributed by atoms with Crippen molar-refractivity contribution in [2.45, 2.75) is 13.8 Å². The van der Waals surface area contributed by atoms with Crippen LogP contribution in [0.15, 0.2) is 48.3 Å². The average molecular weight is 214 g/mol. The van der Waals surface area contributed by atoms with E-state index < -0.39 is 0 Å². The Kier molecular flexibility index (Phi) is 3.04. The molecule has 0 atom stereocenters. The highest BCUT2D eigenvalue weighted by molar-refractivity contribution is 5.84. The zero-order valence-electron chi connectivity index (χ0n) is 9.57. The van der Waals surface area contributed by atoms with Crippen LogP contribution < -0.4 is 0 Å². The van der Waals surface area contributed by atoms with Crippen molar-refractivity contribution in [1.82, 2.24) is 0 Å². The predicted molar refractivity (Wildman–Crippen MR) is 67.9 cm³/mol. The maximum atomic E-state index is 13.5. The van der Waals surface area contributed by atoms with Crippen LogP contribution in [0.1, 0.15) is 19.4 Å². The zero-order chi connectivity index (χ0) is 11.5. The molecule has 0 nitrogen and oxygen atoms in total. The highest BCUT2D eigenvalue weighted by Gasteiger charge is 2.01. The van der Waals surface area contributed by atoms with Crippen molar-refractivity contribution in [3.8, 4) is 0 Å². The van der Waals surface area contributed by atoms with Gasteiger partial charge in [0.15, 0.2) is 0 Å². The van der Waals surface area contributed by atoms with E-state index in [1.165, 1.54) is 5.39 Å². The molecule has 2 aromatic carbocycles. The van der Waals surface area contributed by atoms with Crippen LogP contribution in [0.4, 0.5) is 4.39 Å². The molecule has 0 fully saturated rings. The molecule has 2 rings (SSSR count). The highest BCUT2D eigenvalue weighted by atomic mass is 19.1. The van der Waals surface area contributed by atoms with Gasteiger partial charge in [-0.3, -0.25) is 0 Å². The molecule has 0 aromatic heterocycles. The van der Waals surface area contributed by atoms with Gasteiger partial charge in [-0.25, -0.2) is 4.39 Å². The number of halogens is 1. The van der Waals surface area contributed by atoms with Crippen LogP contribution >= 0.6 is 0 Å². The lowest BCUT2D eigenvalue weighted by molar-refractivity contribution is 0.527. The number of benzene rings is 2. The molecule has 2 aromatic rings. The van der Waals surface area contributed by atoms with Crippen LogP contribution in [0.2, 0.25) is 0 Å². The predicted octanol–water partition coefficient (Wildman–Crippen LogP) is 4.81. The molecule has 0 aliphatic rings. The van der Waals surface area contributed by atoms with E-state index >= 15 is 0 Å². The zero-order valence-corrected chi connectivity index (χ0v) is 9.57. The molecule has 0 aliphatic carbocycles. The maximum absolute atomic E-state index is 13.5. The van der Waals surface area contributed by atoms with Gasteiger partial charge in [-0.05, 0) is 28.5 Å². The summed E-state index contributed by atoms with van der Waals surface area (Å²) in [7, 11) is 0. The summed E-state index contributed by atoms with van der Waals surface area (Å²) in [4.78, 5) is 0. The summed E-state index contributed by atoms with van der Waals surface area (Å²) in [5.74, 6) is -0.123. The van der Waals surface area contributed by atoms with Gasteiger partial charge < -0.3 is 0 Å². The van der Waals surface area contributed by atoms with Crippen LogP contribution in [0.25, 0.3) is 16.8 Å². The quantitative estimate of drug-likeness (QED) is 0.673. The minimum atomic E-state index is -0.0738. The first kappa shape index (κ1) is 10.9. The summed E-state index contributed by atoms with van der Waals surface area (Å²) in [5.41, 5.74) is 0.921. The van der Waals surface area contributed by atoms with Gasteiger partial charge in [0, 0.05) is 5.92 Å². The van der Waals surface area contributed by atoms with Crippen molar-refractivity contribution >= 4 is 16.8 Å². The molecule has 0 bridgehead atoms. The summed E-state index contributed by atoms with van der Waals surface area (Å²) in [5, 5.41) is 2.33. The molecule has 0 saturated heterocycles. The Morgan fingerprint density at radius 3 is 2.44 bits per heavy atom. The Balaban J connectivity index is 2.44. The molecular formula is C15H15F. The Morgan fingerprint density at radius 1 is 1.06 bits per heavy atom. The van der Waals surface area contributed by atoms with Crippen molar-refractivity contribution in [3.63, 3.8) is 0 Å². The van der Waals surface area contributed by atoms with E-state index in [2.05, 4.69) is 6.07 Å². The van der Waals surface area contributed by atoms with Gasteiger partial charge in [-0.2, -0.15) is 0 Å². The van der Waals surface area contributed by atoms with Crippen LogP contribution in [0.3, 0.4) is 0 Å². The molecule has 0 radical (unpaired) electrons. The minimum absolute atomic E-state index is 0.0496. The molecule has 82 valence electrons. The monoisotopic (exact) mass is 214 g/mol. The van der Waals surface area contributed by atoms with E-state index in [0.29, 0.717) is 0 Å². The van der Waals surface area contributed by atoms with Gasteiger partial charge in [-0.1, -0.05) is 50.2 Å². The standard InChI is InChI=1S/C15H15F/c1-11(2)15(16)10-12-7-8-13-5-3-4-6-14(13)9-12/h3-11H,1-2H3/b15-10-. The smallest absolute Gasteiger partial charge is 0.103 e. The molecule has 0 saturated carbocycles. The largest absolute Gasteiger partial charge is 0.212 e. The van der Waals surface area contributed by atoms with Gasteiger partial charge in [0.25, 0.3) is 0 Å². The lowest BCUT2D eigenvalue weighted by Crippen LogP contribution is -1.86. The number of allylic oxidation sites excluding steroid dienone is 1. The van der Waals surface area contributed by atoms with Gasteiger partial charge in [0.1, 0.15) is 5.83 Å². The molecule has 0 N–H and O–H groups in total. The van der Waals surface area contributed by atoms with Crippen molar-refractivity contribution in [3.05, 3.63) is 53.9 Å². The number of hydrogen-bond acceptors (Lipinski definition) is 0. The molecule has 1 heteroatoms.